The van der Waals surface area contributed by atoms with Crippen molar-refractivity contribution in [1.82, 2.24) is 14.8 Å². The average molecular weight is 404 g/mol. The SMILES string of the molecule is COCCCN1C(=O)c2cc3sccc3n2CC1C(=O)NC1CCCCC1C. The molecule has 152 valence electrons. The van der Waals surface area contributed by atoms with Crippen LogP contribution in [0.1, 0.15) is 49.5 Å². The fraction of sp³-hybridized carbons (Fsp3) is 0.619. The lowest BCUT2D eigenvalue weighted by atomic mass is 9.86. The smallest absolute Gasteiger partial charge is 0.271 e. The maximum Gasteiger partial charge on any atom is 0.271 e. The van der Waals surface area contributed by atoms with Crippen LogP contribution in [0.2, 0.25) is 0 Å². The van der Waals surface area contributed by atoms with E-state index in [0.717, 1.165) is 35.9 Å². The Morgan fingerprint density at radius 1 is 1.36 bits per heavy atom. The molecule has 6 nitrogen and oxygen atoms in total. The Morgan fingerprint density at radius 2 is 2.18 bits per heavy atom. The Bertz CT molecular complexity index is 858. The van der Waals surface area contributed by atoms with Gasteiger partial charge in [-0.05, 0) is 42.7 Å². The molecule has 0 saturated heterocycles. The van der Waals surface area contributed by atoms with Crippen molar-refractivity contribution in [2.45, 2.75) is 57.7 Å². The van der Waals surface area contributed by atoms with E-state index >= 15 is 0 Å². The number of amides is 2. The molecule has 2 aromatic rings. The van der Waals surface area contributed by atoms with Gasteiger partial charge in [-0.25, -0.2) is 0 Å². The Morgan fingerprint density at radius 3 is 2.96 bits per heavy atom. The van der Waals surface area contributed by atoms with Crippen LogP contribution >= 0.6 is 11.3 Å². The first-order valence-corrected chi connectivity index (χ1v) is 11.1. The second kappa shape index (κ2) is 8.25. The van der Waals surface area contributed by atoms with Crippen LogP contribution in [-0.4, -0.2) is 53.6 Å². The largest absolute Gasteiger partial charge is 0.385 e. The van der Waals surface area contributed by atoms with Gasteiger partial charge in [0.1, 0.15) is 11.7 Å². The molecule has 28 heavy (non-hydrogen) atoms. The zero-order valence-corrected chi connectivity index (χ0v) is 17.5. The third kappa shape index (κ3) is 3.57. The molecule has 1 aliphatic heterocycles. The molecule has 3 atom stereocenters. The van der Waals surface area contributed by atoms with E-state index in [-0.39, 0.29) is 17.9 Å². The van der Waals surface area contributed by atoms with E-state index in [0.29, 0.717) is 31.3 Å². The monoisotopic (exact) mass is 403 g/mol. The maximum atomic E-state index is 13.3. The molecule has 2 amide bonds. The number of hydrogen-bond acceptors (Lipinski definition) is 4. The van der Waals surface area contributed by atoms with Gasteiger partial charge in [0.25, 0.3) is 5.91 Å². The van der Waals surface area contributed by atoms with Gasteiger partial charge in [-0.1, -0.05) is 19.8 Å². The minimum Gasteiger partial charge on any atom is -0.385 e. The highest BCUT2D eigenvalue weighted by Crippen LogP contribution is 2.31. The van der Waals surface area contributed by atoms with E-state index in [9.17, 15) is 9.59 Å². The number of carbonyl (C=O) groups excluding carboxylic acids is 2. The number of thiophene rings is 1. The maximum absolute atomic E-state index is 13.3. The number of fused-ring (bicyclic) bond motifs is 3. The summed E-state index contributed by atoms with van der Waals surface area (Å²) in [6.45, 7) is 3.84. The summed E-state index contributed by atoms with van der Waals surface area (Å²) in [6, 6.07) is 3.74. The summed E-state index contributed by atoms with van der Waals surface area (Å²) in [4.78, 5) is 28.2. The van der Waals surface area contributed by atoms with Gasteiger partial charge in [-0.15, -0.1) is 11.3 Å². The van der Waals surface area contributed by atoms with E-state index in [2.05, 4.69) is 12.2 Å². The van der Waals surface area contributed by atoms with Gasteiger partial charge in [0.2, 0.25) is 5.91 Å². The van der Waals surface area contributed by atoms with Crippen molar-refractivity contribution in [1.29, 1.82) is 0 Å². The van der Waals surface area contributed by atoms with Crippen LogP contribution in [0.25, 0.3) is 10.2 Å². The lowest BCUT2D eigenvalue weighted by Gasteiger charge is -2.38. The first-order chi connectivity index (χ1) is 13.6. The molecule has 7 heteroatoms. The Labute approximate surface area is 169 Å². The fourth-order valence-electron chi connectivity index (χ4n) is 4.58. The zero-order chi connectivity index (χ0) is 19.7. The van der Waals surface area contributed by atoms with Crippen LogP contribution in [0.4, 0.5) is 0 Å². The summed E-state index contributed by atoms with van der Waals surface area (Å²) < 4.78 is 8.29. The van der Waals surface area contributed by atoms with Crippen molar-refractivity contribution in [3.63, 3.8) is 0 Å². The lowest BCUT2D eigenvalue weighted by Crippen LogP contribution is -2.57. The van der Waals surface area contributed by atoms with Crippen LogP contribution in [-0.2, 0) is 16.1 Å². The summed E-state index contributed by atoms with van der Waals surface area (Å²) in [6.07, 6.45) is 5.31. The summed E-state index contributed by atoms with van der Waals surface area (Å²) in [7, 11) is 1.66. The fourth-order valence-corrected chi connectivity index (χ4v) is 5.40. The molecule has 2 aromatic heterocycles. The molecular formula is C21H29N3O3S. The van der Waals surface area contributed by atoms with Crippen molar-refractivity contribution in [2.24, 2.45) is 5.92 Å². The molecule has 1 aliphatic carbocycles. The van der Waals surface area contributed by atoms with Gasteiger partial charge >= 0.3 is 0 Å². The molecule has 0 spiro atoms. The van der Waals surface area contributed by atoms with Crippen LogP contribution in [0.3, 0.4) is 0 Å². The average Bonchev–Trinajstić information content (AvgIpc) is 3.27. The molecule has 0 bridgehead atoms. The van der Waals surface area contributed by atoms with Crippen molar-refractivity contribution < 1.29 is 14.3 Å². The number of ether oxygens (including phenoxy) is 1. The second-order valence-corrected chi connectivity index (χ2v) is 9.00. The molecule has 1 N–H and O–H groups in total. The minimum atomic E-state index is -0.471. The molecule has 3 unspecified atom stereocenters. The number of rotatable bonds is 6. The molecule has 1 fully saturated rings. The zero-order valence-electron chi connectivity index (χ0n) is 16.6. The quantitative estimate of drug-likeness (QED) is 0.753. The molecule has 1 saturated carbocycles. The predicted molar refractivity (Wildman–Crippen MR) is 111 cm³/mol. The topological polar surface area (TPSA) is 63.6 Å². The van der Waals surface area contributed by atoms with E-state index in [1.54, 1.807) is 23.3 Å². The summed E-state index contributed by atoms with van der Waals surface area (Å²) >= 11 is 1.63. The van der Waals surface area contributed by atoms with Crippen molar-refractivity contribution in [3.05, 3.63) is 23.2 Å². The number of nitrogens with zero attached hydrogens (tertiary/aromatic N) is 2. The summed E-state index contributed by atoms with van der Waals surface area (Å²) in [5, 5.41) is 5.30. The van der Waals surface area contributed by atoms with Crippen molar-refractivity contribution in [3.8, 4) is 0 Å². The Hall–Kier alpha value is -1.86. The third-order valence-corrected chi connectivity index (χ3v) is 7.08. The van der Waals surface area contributed by atoms with E-state index < -0.39 is 6.04 Å². The van der Waals surface area contributed by atoms with E-state index in [4.69, 9.17) is 4.74 Å². The molecule has 0 aromatic carbocycles. The minimum absolute atomic E-state index is 0.0211. The highest BCUT2D eigenvalue weighted by Gasteiger charge is 2.38. The van der Waals surface area contributed by atoms with Crippen LogP contribution in [0, 0.1) is 5.92 Å². The highest BCUT2D eigenvalue weighted by atomic mass is 32.1. The second-order valence-electron chi connectivity index (χ2n) is 8.05. The number of carbonyl (C=O) groups is 2. The number of nitrogens with one attached hydrogen (secondary N) is 1. The molecule has 3 heterocycles. The standard InChI is InChI=1S/C21H29N3O3S/c1-14-6-3-4-7-15(14)22-20(25)18-13-24-16-8-11-28-19(16)12-17(24)21(26)23(18)9-5-10-27-2/h8,11-12,14-15,18H,3-7,9-10,13H2,1-2H3,(H,22,25). The Balaban J connectivity index is 1.59. The summed E-state index contributed by atoms with van der Waals surface area (Å²) in [5.74, 6) is 0.416. The number of hydrogen-bond donors (Lipinski definition) is 1. The molecule has 4 rings (SSSR count). The van der Waals surface area contributed by atoms with Gasteiger partial charge in [-0.2, -0.15) is 0 Å². The first-order valence-electron chi connectivity index (χ1n) is 10.3. The normalized spacial score (nSPS) is 25.1. The third-order valence-electron chi connectivity index (χ3n) is 6.22. The van der Waals surface area contributed by atoms with Gasteiger partial charge in [-0.3, -0.25) is 9.59 Å². The van der Waals surface area contributed by atoms with E-state index in [1.807, 2.05) is 22.1 Å². The van der Waals surface area contributed by atoms with Crippen LogP contribution in [0.15, 0.2) is 17.5 Å². The highest BCUT2D eigenvalue weighted by molar-refractivity contribution is 7.17. The van der Waals surface area contributed by atoms with Crippen molar-refractivity contribution >= 4 is 33.4 Å². The first kappa shape index (κ1) is 19.5. The number of methoxy groups -OCH3 is 1. The van der Waals surface area contributed by atoms with Gasteiger partial charge in [0.05, 0.1) is 16.8 Å². The molecule has 0 radical (unpaired) electrons. The van der Waals surface area contributed by atoms with Gasteiger partial charge < -0.3 is 19.5 Å². The van der Waals surface area contributed by atoms with Gasteiger partial charge in [0, 0.05) is 26.3 Å². The Kier molecular flexibility index (Phi) is 5.73. The van der Waals surface area contributed by atoms with E-state index in [1.165, 1.54) is 6.42 Å². The molecule has 2 aliphatic rings. The van der Waals surface area contributed by atoms with Crippen molar-refractivity contribution in [2.75, 3.05) is 20.3 Å². The van der Waals surface area contributed by atoms with Crippen LogP contribution in [0.5, 0.6) is 0 Å². The predicted octanol–water partition coefficient (Wildman–Crippen LogP) is 3.26. The summed E-state index contributed by atoms with van der Waals surface area (Å²) in [5.41, 5.74) is 1.74. The van der Waals surface area contributed by atoms with Crippen LogP contribution < -0.4 is 5.32 Å². The number of aromatic nitrogens is 1. The lowest BCUT2D eigenvalue weighted by molar-refractivity contribution is -0.127. The van der Waals surface area contributed by atoms with Gasteiger partial charge in [0.15, 0.2) is 0 Å². The molecular weight excluding hydrogens is 374 g/mol.